The van der Waals surface area contributed by atoms with Crippen molar-refractivity contribution in [3.63, 3.8) is 0 Å². The van der Waals surface area contributed by atoms with Crippen molar-refractivity contribution >= 4 is 17.5 Å². The van der Waals surface area contributed by atoms with Gasteiger partial charge in [-0.25, -0.2) is 4.99 Å². The molecule has 1 unspecified atom stereocenters. The molecule has 0 aliphatic carbocycles. The molecule has 1 atom stereocenters. The number of nitrogens with zero attached hydrogens (tertiary/aromatic N) is 1. The molecule has 6 nitrogen and oxygen atoms in total. The Hall–Kier alpha value is -2.24. The van der Waals surface area contributed by atoms with E-state index in [1.165, 1.54) is 14.2 Å². The second-order valence-corrected chi connectivity index (χ2v) is 3.91. The Morgan fingerprint density at radius 3 is 2.21 bits per heavy atom. The summed E-state index contributed by atoms with van der Waals surface area (Å²) >= 11 is 0. The molecule has 104 valence electrons. The fourth-order valence-corrected chi connectivity index (χ4v) is 1.59. The number of rotatable bonds is 6. The summed E-state index contributed by atoms with van der Waals surface area (Å²) in [6.45, 7) is 1.74. The van der Waals surface area contributed by atoms with Crippen molar-refractivity contribution in [3.8, 4) is 11.5 Å². The lowest BCUT2D eigenvalue weighted by atomic mass is 10.1. The first kappa shape index (κ1) is 14.8. The summed E-state index contributed by atoms with van der Waals surface area (Å²) in [7, 11) is 3.05. The van der Waals surface area contributed by atoms with E-state index in [0.717, 1.165) is 0 Å². The van der Waals surface area contributed by atoms with Gasteiger partial charge >= 0.3 is 5.97 Å². The van der Waals surface area contributed by atoms with Crippen LogP contribution < -0.4 is 15.2 Å². The van der Waals surface area contributed by atoms with E-state index in [-0.39, 0.29) is 5.84 Å². The number of amidine groups is 1. The van der Waals surface area contributed by atoms with Gasteiger partial charge in [0, 0.05) is 18.2 Å². The monoisotopic (exact) mass is 266 g/mol. The lowest BCUT2D eigenvalue weighted by Crippen LogP contribution is -2.29. The zero-order valence-electron chi connectivity index (χ0n) is 11.2. The maximum atomic E-state index is 11.0. The highest BCUT2D eigenvalue weighted by molar-refractivity contribution is 6.00. The molecule has 0 saturated carbocycles. The van der Waals surface area contributed by atoms with Crippen LogP contribution >= 0.6 is 0 Å². The Balaban J connectivity index is 3.12. The molecule has 19 heavy (non-hydrogen) atoms. The van der Waals surface area contributed by atoms with Crippen LogP contribution in [0.3, 0.4) is 0 Å². The molecular weight excluding hydrogens is 248 g/mol. The van der Waals surface area contributed by atoms with Gasteiger partial charge in [-0.1, -0.05) is 6.92 Å². The number of carboxylic acid groups (broad SMARTS) is 1. The average molecular weight is 266 g/mol. The summed E-state index contributed by atoms with van der Waals surface area (Å²) in [5, 5.41) is 9.01. The predicted octanol–water partition coefficient (Wildman–Crippen LogP) is 1.80. The zero-order valence-corrected chi connectivity index (χ0v) is 11.2. The Morgan fingerprint density at radius 2 is 1.84 bits per heavy atom. The Morgan fingerprint density at radius 1 is 1.32 bits per heavy atom. The number of hydrogen-bond acceptors (Lipinski definition) is 4. The largest absolute Gasteiger partial charge is 0.497 e. The Bertz CT molecular complexity index is 463. The number of aliphatic carboxylic acids is 1. The second-order valence-electron chi connectivity index (χ2n) is 3.91. The van der Waals surface area contributed by atoms with Gasteiger partial charge in [-0.2, -0.15) is 0 Å². The van der Waals surface area contributed by atoms with E-state index < -0.39 is 11.9 Å². The third-order valence-electron chi connectivity index (χ3n) is 2.66. The van der Waals surface area contributed by atoms with Gasteiger partial charge in [-0.3, -0.25) is 4.79 Å². The molecule has 1 rings (SSSR count). The topological polar surface area (TPSA) is 94.1 Å². The van der Waals surface area contributed by atoms with Crippen LogP contribution in [0.25, 0.3) is 0 Å². The standard InChI is InChI=1S/C13H18N2O4/c1-4-11(13(16)17)12(14)15-8-5-9(18-2)7-10(6-8)19-3/h5-7,11H,4H2,1-3H3,(H2,14,15)(H,16,17). The van der Waals surface area contributed by atoms with Crippen LogP contribution in [0.5, 0.6) is 11.5 Å². The van der Waals surface area contributed by atoms with Crippen LogP contribution in [0.4, 0.5) is 5.69 Å². The number of hydrogen-bond donors (Lipinski definition) is 2. The number of aliphatic imine (C=N–C) groups is 1. The number of benzene rings is 1. The molecule has 0 radical (unpaired) electrons. The number of ether oxygens (including phenoxy) is 2. The number of methoxy groups -OCH3 is 2. The number of carboxylic acids is 1. The molecule has 0 fully saturated rings. The number of nitrogens with two attached hydrogens (primary N) is 1. The zero-order chi connectivity index (χ0) is 14.4. The highest BCUT2D eigenvalue weighted by atomic mass is 16.5. The van der Waals surface area contributed by atoms with Crippen molar-refractivity contribution in [2.75, 3.05) is 14.2 Å². The van der Waals surface area contributed by atoms with Crippen LogP contribution in [0.1, 0.15) is 13.3 Å². The van der Waals surface area contributed by atoms with E-state index in [9.17, 15) is 4.79 Å². The Labute approximate surface area is 111 Å². The summed E-state index contributed by atoms with van der Waals surface area (Å²) < 4.78 is 10.2. The lowest BCUT2D eigenvalue weighted by Gasteiger charge is -2.10. The minimum Gasteiger partial charge on any atom is -0.497 e. The third-order valence-corrected chi connectivity index (χ3v) is 2.66. The van der Waals surface area contributed by atoms with Gasteiger partial charge in [0.25, 0.3) is 0 Å². The van der Waals surface area contributed by atoms with Gasteiger partial charge in [-0.15, -0.1) is 0 Å². The quantitative estimate of drug-likeness (QED) is 0.605. The molecule has 0 heterocycles. The molecule has 0 saturated heterocycles. The third kappa shape index (κ3) is 3.87. The molecule has 0 aliphatic heterocycles. The van der Waals surface area contributed by atoms with Gasteiger partial charge < -0.3 is 20.3 Å². The highest BCUT2D eigenvalue weighted by Crippen LogP contribution is 2.28. The molecule has 3 N–H and O–H groups in total. The van der Waals surface area contributed by atoms with Crippen molar-refractivity contribution in [1.82, 2.24) is 0 Å². The first-order chi connectivity index (χ1) is 9.01. The molecule has 0 bridgehead atoms. The molecule has 0 amide bonds. The number of carbonyl (C=O) groups is 1. The average Bonchev–Trinajstić information content (AvgIpc) is 2.38. The summed E-state index contributed by atoms with van der Waals surface area (Å²) in [4.78, 5) is 15.1. The van der Waals surface area contributed by atoms with E-state index in [4.69, 9.17) is 20.3 Å². The molecule has 0 spiro atoms. The van der Waals surface area contributed by atoms with Gasteiger partial charge in [0.2, 0.25) is 0 Å². The van der Waals surface area contributed by atoms with Crippen molar-refractivity contribution in [2.24, 2.45) is 16.6 Å². The van der Waals surface area contributed by atoms with Crippen LogP contribution in [-0.4, -0.2) is 31.1 Å². The predicted molar refractivity (Wildman–Crippen MR) is 72.2 cm³/mol. The maximum absolute atomic E-state index is 11.0. The summed E-state index contributed by atoms with van der Waals surface area (Å²) in [5.41, 5.74) is 6.23. The van der Waals surface area contributed by atoms with E-state index in [2.05, 4.69) is 4.99 Å². The summed E-state index contributed by atoms with van der Waals surface area (Å²) in [5.74, 6) is -0.593. The first-order valence-electron chi connectivity index (χ1n) is 5.81. The SMILES string of the molecule is CCC(C(=O)O)C(N)=Nc1cc(OC)cc(OC)c1. The highest BCUT2D eigenvalue weighted by Gasteiger charge is 2.19. The van der Waals surface area contributed by atoms with Crippen molar-refractivity contribution in [2.45, 2.75) is 13.3 Å². The first-order valence-corrected chi connectivity index (χ1v) is 5.81. The fraction of sp³-hybridized carbons (Fsp3) is 0.385. The maximum Gasteiger partial charge on any atom is 0.314 e. The van der Waals surface area contributed by atoms with Crippen LogP contribution in [-0.2, 0) is 4.79 Å². The van der Waals surface area contributed by atoms with Crippen molar-refractivity contribution in [3.05, 3.63) is 18.2 Å². The smallest absolute Gasteiger partial charge is 0.314 e. The van der Waals surface area contributed by atoms with E-state index >= 15 is 0 Å². The summed E-state index contributed by atoms with van der Waals surface area (Å²) in [6, 6.07) is 5.01. The van der Waals surface area contributed by atoms with E-state index in [0.29, 0.717) is 23.6 Å². The molecule has 0 aromatic heterocycles. The van der Waals surface area contributed by atoms with Gasteiger partial charge in [-0.05, 0) is 6.42 Å². The van der Waals surface area contributed by atoms with Crippen LogP contribution in [0.2, 0.25) is 0 Å². The van der Waals surface area contributed by atoms with Crippen molar-refractivity contribution < 1.29 is 19.4 Å². The molecule has 1 aromatic carbocycles. The van der Waals surface area contributed by atoms with E-state index in [1.807, 2.05) is 0 Å². The van der Waals surface area contributed by atoms with Gasteiger partial charge in [0.15, 0.2) is 0 Å². The fourth-order valence-electron chi connectivity index (χ4n) is 1.59. The van der Waals surface area contributed by atoms with E-state index in [1.54, 1.807) is 25.1 Å². The van der Waals surface area contributed by atoms with Crippen LogP contribution in [0, 0.1) is 5.92 Å². The molecular formula is C13H18N2O4. The molecule has 6 heteroatoms. The molecule has 0 aliphatic rings. The van der Waals surface area contributed by atoms with Crippen LogP contribution in [0.15, 0.2) is 23.2 Å². The minimum absolute atomic E-state index is 0.0605. The van der Waals surface area contributed by atoms with Gasteiger partial charge in [0.1, 0.15) is 23.3 Å². The summed E-state index contributed by atoms with van der Waals surface area (Å²) in [6.07, 6.45) is 0.381. The lowest BCUT2D eigenvalue weighted by molar-refractivity contribution is -0.139. The molecule has 1 aromatic rings. The Kier molecular flexibility index (Phi) is 5.17. The van der Waals surface area contributed by atoms with Gasteiger partial charge in [0.05, 0.1) is 19.9 Å². The normalized spacial score (nSPS) is 12.9. The minimum atomic E-state index is -0.987. The van der Waals surface area contributed by atoms with Crippen molar-refractivity contribution in [1.29, 1.82) is 0 Å². The second kappa shape index (κ2) is 6.63.